The molecule has 2 N–H and O–H groups in total. The van der Waals surface area contributed by atoms with Gasteiger partial charge in [0, 0.05) is 16.2 Å². The Bertz CT molecular complexity index is 404. The van der Waals surface area contributed by atoms with Crippen LogP contribution in [0, 0.1) is 6.92 Å². The Hall–Kier alpha value is -1.03. The molecule has 0 spiro atoms. The molecular weight excluding hydrogens is 280 g/mol. The molecule has 1 aromatic carbocycles. The van der Waals surface area contributed by atoms with Crippen LogP contribution in [0.4, 0.5) is 5.69 Å². The van der Waals surface area contributed by atoms with Gasteiger partial charge in [-0.3, -0.25) is 4.79 Å². The van der Waals surface area contributed by atoms with Crippen molar-refractivity contribution in [2.75, 3.05) is 5.32 Å². The van der Waals surface area contributed by atoms with Gasteiger partial charge in [0.25, 0.3) is 0 Å². The van der Waals surface area contributed by atoms with E-state index in [4.69, 9.17) is 0 Å². The molecule has 1 unspecified atom stereocenters. The van der Waals surface area contributed by atoms with E-state index in [1.54, 1.807) is 0 Å². The molecule has 3 nitrogen and oxygen atoms in total. The van der Waals surface area contributed by atoms with Crippen molar-refractivity contribution in [2.45, 2.75) is 39.8 Å². The maximum atomic E-state index is 11.8. The fourth-order valence-electron chi connectivity index (χ4n) is 1.47. The van der Waals surface area contributed by atoms with Crippen LogP contribution in [0.3, 0.4) is 0 Å². The van der Waals surface area contributed by atoms with Gasteiger partial charge in [-0.05, 0) is 55.3 Å². The predicted molar refractivity (Wildman–Crippen MR) is 75.2 cm³/mol. The van der Waals surface area contributed by atoms with Crippen LogP contribution in [0.25, 0.3) is 0 Å². The zero-order valence-corrected chi connectivity index (χ0v) is 12.3. The molecule has 0 saturated heterocycles. The minimum atomic E-state index is -0.254. The number of nitrogens with one attached hydrogen (secondary N) is 2. The molecule has 0 aliphatic carbocycles. The molecule has 0 aromatic heterocycles. The molecule has 1 atom stereocenters. The van der Waals surface area contributed by atoms with E-state index in [9.17, 15) is 4.79 Å². The Morgan fingerprint density at radius 1 is 1.29 bits per heavy atom. The van der Waals surface area contributed by atoms with E-state index in [0.717, 1.165) is 15.7 Å². The summed E-state index contributed by atoms with van der Waals surface area (Å²) < 4.78 is 1.00. The average Bonchev–Trinajstić information content (AvgIpc) is 2.23. The summed E-state index contributed by atoms with van der Waals surface area (Å²) in [5, 5.41) is 6.08. The summed E-state index contributed by atoms with van der Waals surface area (Å²) in [6.07, 6.45) is 0. The van der Waals surface area contributed by atoms with Crippen molar-refractivity contribution in [3.05, 3.63) is 28.2 Å². The minimum absolute atomic E-state index is 0.00778. The first kappa shape index (κ1) is 14.0. The van der Waals surface area contributed by atoms with Gasteiger partial charge in [-0.1, -0.05) is 12.1 Å². The van der Waals surface area contributed by atoms with Gasteiger partial charge in [-0.15, -0.1) is 0 Å². The van der Waals surface area contributed by atoms with Crippen LogP contribution in [-0.4, -0.2) is 18.0 Å². The van der Waals surface area contributed by atoms with E-state index < -0.39 is 0 Å². The quantitative estimate of drug-likeness (QED) is 0.897. The normalized spacial score (nSPS) is 12.4. The van der Waals surface area contributed by atoms with Crippen molar-refractivity contribution in [1.82, 2.24) is 5.32 Å². The lowest BCUT2D eigenvalue weighted by molar-refractivity contribution is -0.122. The average molecular weight is 299 g/mol. The van der Waals surface area contributed by atoms with Crippen molar-refractivity contribution >= 4 is 27.5 Å². The molecule has 4 heteroatoms. The third-order valence-corrected chi connectivity index (χ3v) is 3.44. The van der Waals surface area contributed by atoms with E-state index in [1.165, 1.54) is 0 Å². The number of anilines is 1. The van der Waals surface area contributed by atoms with E-state index >= 15 is 0 Å². The van der Waals surface area contributed by atoms with Crippen LogP contribution in [-0.2, 0) is 4.79 Å². The first-order valence-electron chi connectivity index (χ1n) is 5.74. The molecule has 0 fully saturated rings. The number of carbonyl (C=O) groups is 1. The smallest absolute Gasteiger partial charge is 0.242 e. The molecule has 0 heterocycles. The first-order chi connectivity index (χ1) is 7.91. The van der Waals surface area contributed by atoms with Crippen LogP contribution >= 0.6 is 15.9 Å². The number of halogens is 1. The fraction of sp³-hybridized carbons (Fsp3) is 0.462. The van der Waals surface area contributed by atoms with Gasteiger partial charge < -0.3 is 10.6 Å². The van der Waals surface area contributed by atoms with Gasteiger partial charge in [-0.2, -0.15) is 0 Å². The molecule has 1 aromatic rings. The molecule has 17 heavy (non-hydrogen) atoms. The topological polar surface area (TPSA) is 41.1 Å². The van der Waals surface area contributed by atoms with Crippen molar-refractivity contribution in [3.8, 4) is 0 Å². The van der Waals surface area contributed by atoms with E-state index in [1.807, 2.05) is 45.9 Å². The zero-order valence-electron chi connectivity index (χ0n) is 10.7. The monoisotopic (exact) mass is 298 g/mol. The second kappa shape index (κ2) is 6.05. The van der Waals surface area contributed by atoms with Crippen molar-refractivity contribution in [1.29, 1.82) is 0 Å². The lowest BCUT2D eigenvalue weighted by Crippen LogP contribution is -2.41. The van der Waals surface area contributed by atoms with Gasteiger partial charge in [0.15, 0.2) is 0 Å². The standard InChI is InChI=1S/C13H19BrN2O/c1-8(2)15-13(17)10(4)16-11-7-5-6-9(3)12(11)14/h5-8,10,16H,1-4H3,(H,15,17). The van der Waals surface area contributed by atoms with Crippen molar-refractivity contribution in [3.63, 3.8) is 0 Å². The van der Waals surface area contributed by atoms with Crippen LogP contribution in [0.5, 0.6) is 0 Å². The molecule has 1 amide bonds. The van der Waals surface area contributed by atoms with Gasteiger partial charge in [0.2, 0.25) is 5.91 Å². The summed E-state index contributed by atoms with van der Waals surface area (Å²) >= 11 is 3.51. The second-order valence-corrected chi connectivity index (χ2v) is 5.26. The molecule has 94 valence electrons. The Balaban J connectivity index is 2.71. The molecule has 0 radical (unpaired) electrons. The van der Waals surface area contributed by atoms with Crippen molar-refractivity contribution < 1.29 is 4.79 Å². The summed E-state index contributed by atoms with van der Waals surface area (Å²) in [5.74, 6) is 0.00778. The van der Waals surface area contributed by atoms with Crippen molar-refractivity contribution in [2.24, 2.45) is 0 Å². The molecular formula is C13H19BrN2O. The van der Waals surface area contributed by atoms with Gasteiger partial charge in [-0.25, -0.2) is 0 Å². The van der Waals surface area contributed by atoms with Crippen LogP contribution < -0.4 is 10.6 Å². The number of aryl methyl sites for hydroxylation is 1. The van der Waals surface area contributed by atoms with Crippen LogP contribution in [0.1, 0.15) is 26.3 Å². The first-order valence-corrected chi connectivity index (χ1v) is 6.53. The van der Waals surface area contributed by atoms with Crippen LogP contribution in [0.2, 0.25) is 0 Å². The van der Waals surface area contributed by atoms with E-state index in [2.05, 4.69) is 26.6 Å². The fourth-order valence-corrected chi connectivity index (χ4v) is 1.85. The van der Waals surface area contributed by atoms with Gasteiger partial charge in [0.1, 0.15) is 6.04 Å². The highest BCUT2D eigenvalue weighted by atomic mass is 79.9. The molecule has 0 bridgehead atoms. The highest BCUT2D eigenvalue weighted by molar-refractivity contribution is 9.10. The maximum absolute atomic E-state index is 11.8. The Morgan fingerprint density at radius 3 is 2.53 bits per heavy atom. The SMILES string of the molecule is Cc1cccc(NC(C)C(=O)NC(C)C)c1Br. The van der Waals surface area contributed by atoms with Gasteiger partial charge >= 0.3 is 0 Å². The molecule has 0 aliphatic rings. The third-order valence-electron chi connectivity index (χ3n) is 2.39. The number of carbonyl (C=O) groups excluding carboxylic acids is 1. The number of rotatable bonds is 4. The lowest BCUT2D eigenvalue weighted by atomic mass is 10.2. The highest BCUT2D eigenvalue weighted by Gasteiger charge is 2.14. The maximum Gasteiger partial charge on any atom is 0.242 e. The molecule has 1 rings (SSSR count). The predicted octanol–water partition coefficient (Wildman–Crippen LogP) is 3.08. The van der Waals surface area contributed by atoms with E-state index in [0.29, 0.717) is 0 Å². The summed E-state index contributed by atoms with van der Waals surface area (Å²) in [4.78, 5) is 11.8. The lowest BCUT2D eigenvalue weighted by Gasteiger charge is -2.18. The summed E-state index contributed by atoms with van der Waals surface area (Å²) in [6.45, 7) is 7.78. The summed E-state index contributed by atoms with van der Waals surface area (Å²) in [7, 11) is 0. The Kier molecular flexibility index (Phi) is 5.00. The number of benzene rings is 1. The molecule has 0 aliphatic heterocycles. The summed E-state index contributed by atoms with van der Waals surface area (Å²) in [6, 6.07) is 5.85. The number of amides is 1. The second-order valence-electron chi connectivity index (χ2n) is 4.47. The zero-order chi connectivity index (χ0) is 13.0. The third kappa shape index (κ3) is 4.04. The van der Waals surface area contributed by atoms with Crippen LogP contribution in [0.15, 0.2) is 22.7 Å². The highest BCUT2D eigenvalue weighted by Crippen LogP contribution is 2.26. The largest absolute Gasteiger partial charge is 0.373 e. The minimum Gasteiger partial charge on any atom is -0.373 e. The Labute approximate surface area is 111 Å². The van der Waals surface area contributed by atoms with E-state index in [-0.39, 0.29) is 18.0 Å². The number of hydrogen-bond donors (Lipinski definition) is 2. The summed E-state index contributed by atoms with van der Waals surface area (Å²) in [5.41, 5.74) is 2.09. The number of hydrogen-bond acceptors (Lipinski definition) is 2. The van der Waals surface area contributed by atoms with Gasteiger partial charge in [0.05, 0.1) is 0 Å². The Morgan fingerprint density at radius 2 is 1.94 bits per heavy atom. The molecule has 0 saturated carbocycles.